The average molecular weight is 280 g/mol. The zero-order valence-electron chi connectivity index (χ0n) is 11.7. The number of pyridine rings is 1. The average Bonchev–Trinajstić information content (AvgIpc) is 3.08. The van der Waals surface area contributed by atoms with E-state index in [-0.39, 0.29) is 6.04 Å². The van der Waals surface area contributed by atoms with E-state index in [0.717, 1.165) is 12.2 Å². The smallest absolute Gasteiger partial charge is 0.143 e. The minimum atomic E-state index is 0.231. The van der Waals surface area contributed by atoms with Crippen molar-refractivity contribution in [3.8, 4) is 5.69 Å². The molecule has 0 saturated carbocycles. The Morgan fingerprint density at radius 2 is 2.05 bits per heavy atom. The van der Waals surface area contributed by atoms with Crippen molar-refractivity contribution in [3.05, 3.63) is 66.2 Å². The van der Waals surface area contributed by atoms with Gasteiger partial charge in [0.25, 0.3) is 0 Å². The molecular weight excluding hydrogens is 264 g/mol. The largest absolute Gasteiger partial charge is 0.306 e. The van der Waals surface area contributed by atoms with Crippen molar-refractivity contribution in [2.45, 2.75) is 19.5 Å². The fraction of sp³-hybridized carbons (Fsp3) is 0.200. The maximum absolute atomic E-state index is 4.02. The molecule has 2 heterocycles. The molecule has 106 valence electrons. The Morgan fingerprint density at radius 1 is 1.19 bits per heavy atom. The third kappa shape index (κ3) is 3.29. The summed E-state index contributed by atoms with van der Waals surface area (Å²) in [6.07, 6.45) is 5.20. The molecule has 6 heteroatoms. The fourth-order valence-electron chi connectivity index (χ4n) is 2.11. The standard InChI is InChI=1S/C15H16N6/c1-12(17-10-13-5-7-16-8-6-13)14-3-2-4-15(9-14)21-11-18-19-20-21/h2-9,11-12,17H,10H2,1H3. The van der Waals surface area contributed by atoms with E-state index in [1.165, 1.54) is 11.1 Å². The highest BCUT2D eigenvalue weighted by atomic mass is 15.5. The van der Waals surface area contributed by atoms with Crippen molar-refractivity contribution in [1.82, 2.24) is 30.5 Å². The van der Waals surface area contributed by atoms with Crippen molar-refractivity contribution >= 4 is 0 Å². The molecule has 6 nitrogen and oxygen atoms in total. The van der Waals surface area contributed by atoms with Crippen molar-refractivity contribution < 1.29 is 0 Å². The Labute approximate surface area is 122 Å². The predicted octanol–water partition coefficient (Wildman–Crippen LogP) is 1.91. The summed E-state index contributed by atoms with van der Waals surface area (Å²) in [5, 5.41) is 14.7. The van der Waals surface area contributed by atoms with Gasteiger partial charge in [-0.3, -0.25) is 4.98 Å². The monoisotopic (exact) mass is 280 g/mol. The molecular formula is C15H16N6. The lowest BCUT2D eigenvalue weighted by Gasteiger charge is -2.15. The van der Waals surface area contributed by atoms with Crippen LogP contribution in [0.25, 0.3) is 5.69 Å². The molecule has 0 saturated heterocycles. The molecule has 0 radical (unpaired) electrons. The Morgan fingerprint density at radius 3 is 2.81 bits per heavy atom. The minimum absolute atomic E-state index is 0.231. The highest BCUT2D eigenvalue weighted by molar-refractivity contribution is 5.35. The highest BCUT2D eigenvalue weighted by Crippen LogP contribution is 2.16. The minimum Gasteiger partial charge on any atom is -0.306 e. The molecule has 21 heavy (non-hydrogen) atoms. The highest BCUT2D eigenvalue weighted by Gasteiger charge is 2.07. The third-order valence-electron chi connectivity index (χ3n) is 3.35. The van der Waals surface area contributed by atoms with Crippen LogP contribution in [0.3, 0.4) is 0 Å². The van der Waals surface area contributed by atoms with Crippen LogP contribution in [0.2, 0.25) is 0 Å². The molecule has 2 aromatic heterocycles. The number of aromatic nitrogens is 5. The summed E-state index contributed by atoms with van der Waals surface area (Å²) >= 11 is 0. The number of rotatable bonds is 5. The topological polar surface area (TPSA) is 68.5 Å². The van der Waals surface area contributed by atoms with Gasteiger partial charge in [0.1, 0.15) is 6.33 Å². The van der Waals surface area contributed by atoms with E-state index in [4.69, 9.17) is 0 Å². The summed E-state index contributed by atoms with van der Waals surface area (Å²) in [5.74, 6) is 0. The molecule has 0 amide bonds. The molecule has 0 bridgehead atoms. The van der Waals surface area contributed by atoms with Crippen molar-refractivity contribution in [2.75, 3.05) is 0 Å². The van der Waals surface area contributed by atoms with Crippen LogP contribution in [0.1, 0.15) is 24.1 Å². The molecule has 0 fully saturated rings. The second kappa shape index (κ2) is 6.23. The van der Waals surface area contributed by atoms with E-state index < -0.39 is 0 Å². The molecule has 3 rings (SSSR count). The lowest BCUT2D eigenvalue weighted by Crippen LogP contribution is -2.18. The number of tetrazole rings is 1. The van der Waals surface area contributed by atoms with Crippen molar-refractivity contribution in [2.24, 2.45) is 0 Å². The van der Waals surface area contributed by atoms with Crippen LogP contribution in [-0.4, -0.2) is 25.2 Å². The first-order chi connectivity index (χ1) is 10.3. The number of benzene rings is 1. The lowest BCUT2D eigenvalue weighted by atomic mass is 10.1. The Balaban J connectivity index is 1.70. The van der Waals surface area contributed by atoms with Gasteiger partial charge in [-0.15, -0.1) is 5.10 Å². The molecule has 1 unspecified atom stereocenters. The fourth-order valence-corrected chi connectivity index (χ4v) is 2.11. The second-order valence-corrected chi connectivity index (χ2v) is 4.81. The van der Waals surface area contributed by atoms with Gasteiger partial charge in [0.05, 0.1) is 5.69 Å². The van der Waals surface area contributed by atoms with E-state index >= 15 is 0 Å². The van der Waals surface area contributed by atoms with Gasteiger partial charge in [0.2, 0.25) is 0 Å². The van der Waals surface area contributed by atoms with Crippen LogP contribution >= 0.6 is 0 Å². The van der Waals surface area contributed by atoms with E-state index in [0.29, 0.717) is 0 Å². The van der Waals surface area contributed by atoms with Crippen LogP contribution in [0.4, 0.5) is 0 Å². The van der Waals surface area contributed by atoms with Crippen molar-refractivity contribution in [1.29, 1.82) is 0 Å². The van der Waals surface area contributed by atoms with E-state index in [9.17, 15) is 0 Å². The summed E-state index contributed by atoms with van der Waals surface area (Å²) in [5.41, 5.74) is 3.36. The summed E-state index contributed by atoms with van der Waals surface area (Å²) in [6, 6.07) is 12.4. The van der Waals surface area contributed by atoms with Gasteiger partial charge in [0.15, 0.2) is 0 Å². The molecule has 1 atom stereocenters. The quantitative estimate of drug-likeness (QED) is 0.773. The van der Waals surface area contributed by atoms with Crippen LogP contribution < -0.4 is 5.32 Å². The molecule has 0 spiro atoms. The van der Waals surface area contributed by atoms with Gasteiger partial charge in [-0.05, 0) is 52.7 Å². The zero-order chi connectivity index (χ0) is 14.5. The van der Waals surface area contributed by atoms with Gasteiger partial charge in [-0.1, -0.05) is 12.1 Å². The zero-order valence-corrected chi connectivity index (χ0v) is 11.7. The number of hydrogen-bond donors (Lipinski definition) is 1. The van der Waals surface area contributed by atoms with Gasteiger partial charge >= 0.3 is 0 Å². The molecule has 1 aromatic carbocycles. The van der Waals surface area contributed by atoms with Crippen LogP contribution in [0.5, 0.6) is 0 Å². The molecule has 1 N–H and O–H groups in total. The predicted molar refractivity (Wildman–Crippen MR) is 78.6 cm³/mol. The second-order valence-electron chi connectivity index (χ2n) is 4.81. The normalized spacial score (nSPS) is 12.2. The molecule has 0 aliphatic rings. The van der Waals surface area contributed by atoms with Gasteiger partial charge in [-0.2, -0.15) is 0 Å². The summed E-state index contributed by atoms with van der Waals surface area (Å²) < 4.78 is 1.65. The van der Waals surface area contributed by atoms with E-state index in [2.05, 4.69) is 44.9 Å². The van der Waals surface area contributed by atoms with Gasteiger partial charge in [-0.25, -0.2) is 4.68 Å². The van der Waals surface area contributed by atoms with Crippen LogP contribution in [0, 0.1) is 0 Å². The number of nitrogens with one attached hydrogen (secondary N) is 1. The summed E-state index contributed by atoms with van der Waals surface area (Å²) in [4.78, 5) is 4.02. The molecule has 0 aliphatic carbocycles. The van der Waals surface area contributed by atoms with Crippen LogP contribution in [0.15, 0.2) is 55.1 Å². The first kappa shape index (κ1) is 13.4. The maximum atomic E-state index is 4.02. The van der Waals surface area contributed by atoms with E-state index in [1.807, 2.05) is 24.3 Å². The van der Waals surface area contributed by atoms with Crippen molar-refractivity contribution in [3.63, 3.8) is 0 Å². The van der Waals surface area contributed by atoms with E-state index in [1.54, 1.807) is 23.4 Å². The summed E-state index contributed by atoms with van der Waals surface area (Å²) in [7, 11) is 0. The first-order valence-corrected chi connectivity index (χ1v) is 6.78. The molecule has 3 aromatic rings. The maximum Gasteiger partial charge on any atom is 0.143 e. The lowest BCUT2D eigenvalue weighted by molar-refractivity contribution is 0.574. The Hall–Kier alpha value is -2.60. The van der Waals surface area contributed by atoms with Gasteiger partial charge < -0.3 is 5.32 Å². The van der Waals surface area contributed by atoms with Gasteiger partial charge in [0, 0.05) is 25.0 Å². The van der Waals surface area contributed by atoms with Crippen LogP contribution in [-0.2, 0) is 6.54 Å². The number of nitrogens with zero attached hydrogens (tertiary/aromatic N) is 5. The SMILES string of the molecule is CC(NCc1ccncc1)c1cccc(-n2cnnn2)c1. The third-order valence-corrected chi connectivity index (χ3v) is 3.35. The Kier molecular flexibility index (Phi) is 3.97. The number of hydrogen-bond acceptors (Lipinski definition) is 5. The summed E-state index contributed by atoms with van der Waals surface area (Å²) in [6.45, 7) is 2.94. The Bertz CT molecular complexity index is 680. The first-order valence-electron chi connectivity index (χ1n) is 6.78. The molecule has 0 aliphatic heterocycles.